The zero-order chi connectivity index (χ0) is 4.41. The summed E-state index contributed by atoms with van der Waals surface area (Å²) in [5.74, 6) is 0. The minimum Gasteiger partial charge on any atom is -1.00 e. The van der Waals surface area contributed by atoms with Gasteiger partial charge in [-0.3, -0.25) is 6.08 Å². The van der Waals surface area contributed by atoms with Crippen molar-refractivity contribution in [3.63, 3.8) is 0 Å². The van der Waals surface area contributed by atoms with Gasteiger partial charge < -0.3 is 49.6 Å². The Morgan fingerprint density at radius 3 is 1.73 bits per heavy atom. The third-order valence-electron chi connectivity index (χ3n) is 0.867. The Balaban J connectivity index is -0.0000000240. The second kappa shape index (κ2) is 17.3. The van der Waals surface area contributed by atoms with Crippen molar-refractivity contribution in [1.82, 2.24) is 0 Å². The van der Waals surface area contributed by atoms with Gasteiger partial charge in [-0.15, -0.1) is 6.42 Å². The van der Waals surface area contributed by atoms with E-state index in [1.165, 1.54) is 5.57 Å². The molecule has 0 amide bonds. The van der Waals surface area contributed by atoms with Gasteiger partial charge in [0.05, 0.1) is 0 Å². The Kier molecular flexibility index (Phi) is 46.5. The number of rotatable bonds is 0. The molecule has 0 heterocycles. The molecule has 0 atom stereocenters. The van der Waals surface area contributed by atoms with Gasteiger partial charge in [0.2, 0.25) is 0 Å². The SMILES string of the molecule is CC1=[C-]CC=C1.[Cl-].[Cl-].[Cl-].[Cl-].[V+4]. The van der Waals surface area contributed by atoms with Crippen molar-refractivity contribution < 1.29 is 68.2 Å². The van der Waals surface area contributed by atoms with E-state index in [4.69, 9.17) is 0 Å². The molecule has 0 N–H and O–H groups in total. The molecule has 0 saturated heterocycles. The molecule has 0 spiro atoms. The normalized spacial score (nSPS) is 10.1. The number of hydrogen-bond acceptors (Lipinski definition) is 0. The minimum atomic E-state index is 0. The van der Waals surface area contributed by atoms with Gasteiger partial charge in [-0.05, 0) is 0 Å². The molecule has 0 unspecified atom stereocenters. The molecule has 0 saturated carbocycles. The monoisotopic (exact) mass is 270 g/mol. The van der Waals surface area contributed by atoms with Crippen molar-refractivity contribution in [1.29, 1.82) is 0 Å². The van der Waals surface area contributed by atoms with Crippen LogP contribution in [0.15, 0.2) is 17.7 Å². The molecule has 0 bridgehead atoms. The topological polar surface area (TPSA) is 0 Å². The van der Waals surface area contributed by atoms with Gasteiger partial charge in [0.25, 0.3) is 0 Å². The molecule has 0 aromatic carbocycles. The maximum Gasteiger partial charge on any atom is 4.00 e. The van der Waals surface area contributed by atoms with E-state index in [0.29, 0.717) is 0 Å². The van der Waals surface area contributed by atoms with Crippen LogP contribution in [-0.2, 0) is 18.6 Å². The second-order valence-electron chi connectivity index (χ2n) is 1.47. The van der Waals surface area contributed by atoms with Gasteiger partial charge in [-0.1, -0.05) is 6.92 Å². The van der Waals surface area contributed by atoms with E-state index in [1.54, 1.807) is 0 Å². The van der Waals surface area contributed by atoms with E-state index in [2.05, 4.69) is 25.2 Å². The van der Waals surface area contributed by atoms with Crippen molar-refractivity contribution in [2.75, 3.05) is 0 Å². The summed E-state index contributed by atoms with van der Waals surface area (Å²) < 4.78 is 0. The quantitative estimate of drug-likeness (QED) is 0.384. The predicted octanol–water partition coefficient (Wildman–Crippen LogP) is -10.3. The summed E-state index contributed by atoms with van der Waals surface area (Å²) in [6.45, 7) is 2.06. The van der Waals surface area contributed by atoms with Gasteiger partial charge >= 0.3 is 18.6 Å². The molecule has 1 rings (SSSR count). The van der Waals surface area contributed by atoms with Gasteiger partial charge in [-0.25, -0.2) is 11.6 Å². The van der Waals surface area contributed by atoms with Gasteiger partial charge in [0.1, 0.15) is 0 Å². The standard InChI is InChI=1S/C6H7.4ClH.V/c1-6-4-2-3-5-6;;;;;/h2,4H,3H2,1H3;4*1H;/q-1;;;;;+4/p-4. The third-order valence-corrected chi connectivity index (χ3v) is 0.867. The van der Waals surface area contributed by atoms with Crippen molar-refractivity contribution in [2.45, 2.75) is 13.3 Å². The zero-order valence-electron chi connectivity index (χ0n) is 5.82. The van der Waals surface area contributed by atoms with Crippen molar-refractivity contribution >= 4 is 0 Å². The maximum atomic E-state index is 3.12. The zero-order valence-corrected chi connectivity index (χ0v) is 10.2. The number of allylic oxidation sites excluding steroid dienone is 4. The van der Waals surface area contributed by atoms with Crippen molar-refractivity contribution in [3.05, 3.63) is 23.8 Å². The van der Waals surface area contributed by atoms with Crippen LogP contribution in [0.5, 0.6) is 0 Å². The Morgan fingerprint density at radius 2 is 1.64 bits per heavy atom. The van der Waals surface area contributed by atoms with E-state index in [0.717, 1.165) is 6.42 Å². The molecular formula is C6H7Cl4V-. The Labute approximate surface area is 105 Å². The van der Waals surface area contributed by atoms with E-state index in [-0.39, 0.29) is 68.2 Å². The van der Waals surface area contributed by atoms with Gasteiger partial charge in [0, 0.05) is 0 Å². The van der Waals surface area contributed by atoms with E-state index >= 15 is 0 Å². The molecule has 0 aliphatic heterocycles. The van der Waals surface area contributed by atoms with E-state index in [9.17, 15) is 0 Å². The molecule has 65 valence electrons. The molecular weight excluding hydrogens is 265 g/mol. The van der Waals surface area contributed by atoms with Gasteiger partial charge in [-0.2, -0.15) is 6.08 Å². The third kappa shape index (κ3) is 14.1. The summed E-state index contributed by atoms with van der Waals surface area (Å²) in [4.78, 5) is 0. The van der Waals surface area contributed by atoms with Crippen molar-refractivity contribution in [3.8, 4) is 0 Å². The first-order valence-electron chi connectivity index (χ1n) is 2.13. The van der Waals surface area contributed by atoms with Crippen LogP contribution in [0.3, 0.4) is 0 Å². The summed E-state index contributed by atoms with van der Waals surface area (Å²) in [5.41, 5.74) is 1.27. The van der Waals surface area contributed by atoms with Crippen LogP contribution in [0.4, 0.5) is 0 Å². The summed E-state index contributed by atoms with van der Waals surface area (Å²) in [7, 11) is 0. The second-order valence-corrected chi connectivity index (χ2v) is 1.47. The minimum absolute atomic E-state index is 0. The summed E-state index contributed by atoms with van der Waals surface area (Å²) in [6.07, 6.45) is 8.33. The fourth-order valence-corrected chi connectivity index (χ4v) is 0.515. The van der Waals surface area contributed by atoms with Crippen LogP contribution in [0, 0.1) is 6.08 Å². The first kappa shape index (κ1) is 29.5. The molecule has 1 radical (unpaired) electrons. The summed E-state index contributed by atoms with van der Waals surface area (Å²) in [6, 6.07) is 0. The maximum absolute atomic E-state index is 3.12. The Hall–Kier alpha value is 1.22. The fourth-order valence-electron chi connectivity index (χ4n) is 0.515. The van der Waals surface area contributed by atoms with E-state index < -0.39 is 0 Å². The molecule has 5 heteroatoms. The first-order chi connectivity index (χ1) is 2.89. The molecule has 0 aromatic rings. The molecule has 0 nitrogen and oxygen atoms in total. The Bertz CT molecular complexity index is 108. The molecule has 1 aliphatic carbocycles. The summed E-state index contributed by atoms with van der Waals surface area (Å²) >= 11 is 0. The van der Waals surface area contributed by atoms with E-state index in [1.807, 2.05) is 0 Å². The molecule has 11 heavy (non-hydrogen) atoms. The van der Waals surface area contributed by atoms with Crippen LogP contribution in [0.2, 0.25) is 0 Å². The molecule has 0 fully saturated rings. The average molecular weight is 272 g/mol. The van der Waals surface area contributed by atoms with Crippen LogP contribution in [-0.4, -0.2) is 0 Å². The van der Waals surface area contributed by atoms with Crippen LogP contribution >= 0.6 is 0 Å². The predicted molar refractivity (Wildman–Crippen MR) is 26.2 cm³/mol. The molecule has 0 aromatic heterocycles. The summed E-state index contributed by atoms with van der Waals surface area (Å²) in [5, 5.41) is 0. The largest absolute Gasteiger partial charge is 4.00 e. The van der Waals surface area contributed by atoms with Crippen LogP contribution < -0.4 is 49.6 Å². The Morgan fingerprint density at radius 1 is 1.18 bits per heavy atom. The van der Waals surface area contributed by atoms with Gasteiger partial charge in [0.15, 0.2) is 0 Å². The number of hydrogen-bond donors (Lipinski definition) is 0. The van der Waals surface area contributed by atoms with Crippen LogP contribution in [0.25, 0.3) is 0 Å². The first-order valence-corrected chi connectivity index (χ1v) is 2.13. The average Bonchev–Trinajstić information content (AvgIpc) is 1.86. The van der Waals surface area contributed by atoms with Crippen LogP contribution in [0.1, 0.15) is 13.3 Å². The fraction of sp³-hybridized carbons (Fsp3) is 0.333. The van der Waals surface area contributed by atoms with Crippen molar-refractivity contribution in [2.24, 2.45) is 0 Å². The number of halogens is 4. The molecule has 1 aliphatic rings. The smallest absolute Gasteiger partial charge is 1.00 e.